The Morgan fingerprint density at radius 1 is 0.931 bits per heavy atom. The van der Waals surface area contributed by atoms with Crippen LogP contribution in [0, 0.1) is 20.8 Å². The number of carbonyl (C=O) groups is 1. The lowest BCUT2D eigenvalue weighted by Crippen LogP contribution is -2.32. The van der Waals surface area contributed by atoms with E-state index in [2.05, 4.69) is 31.2 Å². The van der Waals surface area contributed by atoms with Gasteiger partial charge >= 0.3 is 0 Å². The number of benzene rings is 1. The summed E-state index contributed by atoms with van der Waals surface area (Å²) in [7, 11) is 3.18. The lowest BCUT2D eigenvalue weighted by atomic mass is 9.96. The monoisotopic (exact) mass is 457 g/mol. The maximum atomic E-state index is 13.1. The molecule has 7 heteroatoms. The number of piperidine rings is 1. The number of nitrogens with zero attached hydrogens (tertiary/aromatic N) is 2. The van der Waals surface area contributed by atoms with Crippen LogP contribution in [0.25, 0.3) is 12.2 Å². The fourth-order valence-electron chi connectivity index (χ4n) is 3.13. The van der Waals surface area contributed by atoms with Crippen molar-refractivity contribution in [3.8, 4) is 11.5 Å². The molecule has 0 unspecified atom stereocenters. The van der Waals surface area contributed by atoms with Gasteiger partial charge in [0.1, 0.15) is 0 Å². The lowest BCUT2D eigenvalue weighted by Gasteiger charge is -2.19. The lowest BCUT2D eigenvalue weighted by molar-refractivity contribution is -0.112. The second-order valence-corrected chi connectivity index (χ2v) is 7.72. The minimum absolute atomic E-state index is 0.00450. The van der Waals surface area contributed by atoms with Crippen LogP contribution in [0.2, 0.25) is 0 Å². The molecule has 2 heterocycles. The fourth-order valence-corrected chi connectivity index (χ4v) is 3.57. The molecule has 0 aliphatic carbocycles. The van der Waals surface area contributed by atoms with Crippen LogP contribution in [0.4, 0.5) is 0 Å². The van der Waals surface area contributed by atoms with Gasteiger partial charge in [-0.1, -0.05) is 15.9 Å². The van der Waals surface area contributed by atoms with Crippen LogP contribution in [-0.4, -0.2) is 43.1 Å². The average molecular weight is 458 g/mol. The second kappa shape index (κ2) is 8.88. The molecule has 0 spiro atoms. The number of methoxy groups -OCH3 is 2. The van der Waals surface area contributed by atoms with Crippen molar-refractivity contribution >= 4 is 33.9 Å². The molecule has 0 atom stereocenters. The van der Waals surface area contributed by atoms with E-state index in [4.69, 9.17) is 9.47 Å². The highest BCUT2D eigenvalue weighted by atomic mass is 79.9. The topological polar surface area (TPSA) is 73.3 Å². The molecule has 29 heavy (non-hydrogen) atoms. The Hall–Kier alpha value is -2.51. The number of ether oxygens (including phenoxy) is 2. The third kappa shape index (κ3) is 4.57. The van der Waals surface area contributed by atoms with Gasteiger partial charge in [-0.15, -0.1) is 0 Å². The number of Topliss-reactive ketones (excluding diaryl/α,β-unsaturated/α-hetero) is 1. The zero-order valence-corrected chi connectivity index (χ0v) is 18.8. The number of hydrogen-bond donors (Lipinski definition) is 1. The molecular weight excluding hydrogens is 434 g/mol. The molecule has 0 saturated carbocycles. The summed E-state index contributed by atoms with van der Waals surface area (Å²) in [5.41, 5.74) is 5.49. The predicted octanol–water partition coefficient (Wildman–Crippen LogP) is 3.82. The van der Waals surface area contributed by atoms with Crippen LogP contribution in [0.1, 0.15) is 28.3 Å². The Labute approximate surface area is 179 Å². The molecule has 1 aliphatic rings. The molecule has 1 N–H and O–H groups in total. The molecule has 3 rings (SSSR count). The molecule has 2 aromatic rings. The highest BCUT2D eigenvalue weighted by Gasteiger charge is 2.21. The van der Waals surface area contributed by atoms with E-state index in [-0.39, 0.29) is 5.78 Å². The van der Waals surface area contributed by atoms with Crippen LogP contribution in [0.3, 0.4) is 0 Å². The smallest absolute Gasteiger partial charge is 0.187 e. The van der Waals surface area contributed by atoms with E-state index in [0.29, 0.717) is 35.7 Å². The Kier molecular flexibility index (Phi) is 6.49. The summed E-state index contributed by atoms with van der Waals surface area (Å²) in [6.45, 7) is 6.75. The number of rotatable bonds is 4. The first-order valence-electron chi connectivity index (χ1n) is 9.24. The predicted molar refractivity (Wildman–Crippen MR) is 117 cm³/mol. The standard InChI is InChI=1S/C22H24BrN3O3/c1-12-13(2)26-19(14(3)25-12)7-17-11-24-10-16(22(17)27)6-15-8-20(28-4)21(29-5)9-18(15)23/h6-9,24H,10-11H2,1-5H3/b16-6+,17-7+. The number of halogens is 1. The van der Waals surface area contributed by atoms with Crippen LogP contribution in [0.15, 0.2) is 27.8 Å². The van der Waals surface area contributed by atoms with E-state index in [0.717, 1.165) is 32.8 Å². The van der Waals surface area contributed by atoms with Crippen LogP contribution in [-0.2, 0) is 4.79 Å². The number of carbonyl (C=O) groups excluding carboxylic acids is 1. The first-order chi connectivity index (χ1) is 13.8. The minimum Gasteiger partial charge on any atom is -0.493 e. The summed E-state index contributed by atoms with van der Waals surface area (Å²) < 4.78 is 11.5. The number of ketones is 1. The van der Waals surface area contributed by atoms with E-state index in [1.165, 1.54) is 0 Å². The molecule has 0 bridgehead atoms. The van der Waals surface area contributed by atoms with Gasteiger partial charge in [-0.25, -0.2) is 4.98 Å². The van der Waals surface area contributed by atoms with Crippen molar-refractivity contribution in [1.29, 1.82) is 0 Å². The van der Waals surface area contributed by atoms with Crippen LogP contribution in [0.5, 0.6) is 11.5 Å². The number of nitrogens with one attached hydrogen (secondary N) is 1. The van der Waals surface area contributed by atoms with Crippen molar-refractivity contribution < 1.29 is 14.3 Å². The molecule has 1 saturated heterocycles. The quantitative estimate of drug-likeness (QED) is 0.703. The third-order valence-corrected chi connectivity index (χ3v) is 5.56. The van der Waals surface area contributed by atoms with Crippen molar-refractivity contribution in [2.75, 3.05) is 27.3 Å². The molecule has 1 aliphatic heterocycles. The van der Waals surface area contributed by atoms with Crippen LogP contribution >= 0.6 is 15.9 Å². The molecule has 0 radical (unpaired) electrons. The summed E-state index contributed by atoms with van der Waals surface area (Å²) in [5, 5.41) is 3.30. The second-order valence-electron chi connectivity index (χ2n) is 6.87. The molecule has 1 aromatic heterocycles. The van der Waals surface area contributed by atoms with Gasteiger partial charge in [-0.2, -0.15) is 0 Å². The minimum atomic E-state index is 0.00450. The number of aromatic nitrogens is 2. The molecule has 0 amide bonds. The van der Waals surface area contributed by atoms with Crippen molar-refractivity contribution in [2.24, 2.45) is 0 Å². The van der Waals surface area contributed by atoms with Gasteiger partial charge in [-0.3, -0.25) is 9.78 Å². The van der Waals surface area contributed by atoms with Gasteiger partial charge in [0.2, 0.25) is 0 Å². The van der Waals surface area contributed by atoms with E-state index >= 15 is 0 Å². The first kappa shape index (κ1) is 21.2. The Balaban J connectivity index is 1.97. The molecule has 1 fully saturated rings. The van der Waals surface area contributed by atoms with E-state index in [1.807, 2.05) is 45.1 Å². The van der Waals surface area contributed by atoms with E-state index < -0.39 is 0 Å². The van der Waals surface area contributed by atoms with Gasteiger partial charge in [0.05, 0.1) is 37.0 Å². The summed E-state index contributed by atoms with van der Waals surface area (Å²) >= 11 is 3.55. The zero-order chi connectivity index (χ0) is 21.1. The number of aryl methyl sites for hydroxylation is 3. The number of hydrogen-bond acceptors (Lipinski definition) is 6. The Morgan fingerprint density at radius 3 is 2.17 bits per heavy atom. The van der Waals surface area contributed by atoms with Crippen molar-refractivity contribution in [1.82, 2.24) is 15.3 Å². The largest absolute Gasteiger partial charge is 0.493 e. The molecule has 152 valence electrons. The Bertz CT molecular complexity index is 1030. The van der Waals surface area contributed by atoms with Crippen molar-refractivity contribution in [3.63, 3.8) is 0 Å². The van der Waals surface area contributed by atoms with E-state index in [1.54, 1.807) is 14.2 Å². The summed E-state index contributed by atoms with van der Waals surface area (Å²) in [6.07, 6.45) is 3.70. The zero-order valence-electron chi connectivity index (χ0n) is 17.2. The molecular formula is C22H24BrN3O3. The van der Waals surface area contributed by atoms with Crippen molar-refractivity contribution in [3.05, 3.63) is 56.1 Å². The van der Waals surface area contributed by atoms with Crippen molar-refractivity contribution in [2.45, 2.75) is 20.8 Å². The van der Waals surface area contributed by atoms with Gasteiger partial charge in [-0.05, 0) is 50.6 Å². The van der Waals surface area contributed by atoms with Gasteiger partial charge in [0, 0.05) is 28.7 Å². The summed E-state index contributed by atoms with van der Waals surface area (Å²) in [5.74, 6) is 1.24. The van der Waals surface area contributed by atoms with Gasteiger partial charge < -0.3 is 14.8 Å². The summed E-state index contributed by atoms with van der Waals surface area (Å²) in [6, 6.07) is 3.68. The third-order valence-electron chi connectivity index (χ3n) is 4.88. The molecule has 1 aromatic carbocycles. The highest BCUT2D eigenvalue weighted by molar-refractivity contribution is 9.10. The molecule has 6 nitrogen and oxygen atoms in total. The van der Waals surface area contributed by atoms with E-state index in [9.17, 15) is 4.79 Å². The Morgan fingerprint density at radius 2 is 1.52 bits per heavy atom. The van der Waals surface area contributed by atoms with Gasteiger partial charge in [0.25, 0.3) is 0 Å². The van der Waals surface area contributed by atoms with Crippen LogP contribution < -0.4 is 14.8 Å². The maximum Gasteiger partial charge on any atom is 0.187 e. The fraction of sp³-hybridized carbons (Fsp3) is 0.318. The average Bonchev–Trinajstić information content (AvgIpc) is 2.70. The highest BCUT2D eigenvalue weighted by Crippen LogP contribution is 2.34. The first-order valence-corrected chi connectivity index (χ1v) is 10.0. The SMILES string of the molecule is COc1cc(Br)c(/C=C2\CNC/C(=C\c3nc(C)c(C)nc3C)C2=O)cc1OC. The summed E-state index contributed by atoms with van der Waals surface area (Å²) in [4.78, 5) is 22.2. The van der Waals surface area contributed by atoms with Gasteiger partial charge in [0.15, 0.2) is 17.3 Å². The normalized spacial score (nSPS) is 17.1. The maximum absolute atomic E-state index is 13.1.